The molecule has 166 valence electrons. The molecule has 0 spiro atoms. The summed E-state index contributed by atoms with van der Waals surface area (Å²) in [5.74, 6) is -4.49. The Balaban J connectivity index is 2.10. The summed E-state index contributed by atoms with van der Waals surface area (Å²) < 4.78 is 14.2. The molecule has 9 nitrogen and oxygen atoms in total. The van der Waals surface area contributed by atoms with E-state index in [2.05, 4.69) is 15.0 Å². The topological polar surface area (TPSA) is 121 Å². The van der Waals surface area contributed by atoms with E-state index in [9.17, 15) is 19.2 Å². The number of carbonyl (C=O) groups is 4. The summed E-state index contributed by atoms with van der Waals surface area (Å²) in [6, 6.07) is 12.7. The van der Waals surface area contributed by atoms with Crippen molar-refractivity contribution in [3.8, 4) is 0 Å². The number of methoxy groups -OCH3 is 3. The number of esters is 3. The average Bonchev–Trinajstić information content (AvgIpc) is 2.83. The highest BCUT2D eigenvalue weighted by Crippen LogP contribution is 2.26. The summed E-state index contributed by atoms with van der Waals surface area (Å²) >= 11 is 0. The molecule has 1 heterocycles. The fourth-order valence-corrected chi connectivity index (χ4v) is 3.50. The van der Waals surface area contributed by atoms with E-state index in [0.717, 1.165) is 21.3 Å². The van der Waals surface area contributed by atoms with Crippen molar-refractivity contribution in [3.63, 3.8) is 0 Å². The van der Waals surface area contributed by atoms with Crippen LogP contribution < -0.4 is 5.32 Å². The van der Waals surface area contributed by atoms with Gasteiger partial charge in [-0.3, -0.25) is 14.4 Å². The minimum atomic E-state index is -1.48. The lowest BCUT2D eigenvalue weighted by molar-refractivity contribution is -0.158. The van der Waals surface area contributed by atoms with Crippen LogP contribution in [0.1, 0.15) is 16.8 Å². The van der Waals surface area contributed by atoms with E-state index in [0.29, 0.717) is 21.8 Å². The van der Waals surface area contributed by atoms with Gasteiger partial charge in [0.15, 0.2) is 0 Å². The van der Waals surface area contributed by atoms with Gasteiger partial charge in [-0.2, -0.15) is 0 Å². The summed E-state index contributed by atoms with van der Waals surface area (Å²) in [5, 5.41) is 3.69. The van der Waals surface area contributed by atoms with Crippen LogP contribution in [0, 0.1) is 5.92 Å². The molecule has 0 fully saturated rings. The first-order chi connectivity index (χ1) is 15.4. The normalized spacial score (nSPS) is 12.6. The number of hydrogen-bond donors (Lipinski definition) is 1. The van der Waals surface area contributed by atoms with Gasteiger partial charge < -0.3 is 19.5 Å². The van der Waals surface area contributed by atoms with Crippen LogP contribution in [-0.4, -0.2) is 56.2 Å². The minimum absolute atomic E-state index is 0.279. The smallest absolute Gasteiger partial charge is 0.329 e. The van der Waals surface area contributed by atoms with Gasteiger partial charge in [0, 0.05) is 10.8 Å². The van der Waals surface area contributed by atoms with E-state index < -0.39 is 42.2 Å². The predicted octanol–water partition coefficient (Wildman–Crippen LogP) is 2.01. The number of nitrogens with one attached hydrogen (secondary N) is 1. The van der Waals surface area contributed by atoms with E-state index in [-0.39, 0.29) is 5.56 Å². The van der Waals surface area contributed by atoms with E-state index in [1.807, 2.05) is 0 Å². The number of rotatable bonds is 7. The van der Waals surface area contributed by atoms with Crippen molar-refractivity contribution in [1.82, 2.24) is 10.3 Å². The van der Waals surface area contributed by atoms with Crippen LogP contribution in [0.25, 0.3) is 21.8 Å². The molecule has 1 N–H and O–H groups in total. The Hall–Kier alpha value is -4.01. The molecule has 1 amide bonds. The van der Waals surface area contributed by atoms with Crippen molar-refractivity contribution in [1.29, 1.82) is 0 Å². The number of amides is 1. The van der Waals surface area contributed by atoms with Gasteiger partial charge in [-0.15, -0.1) is 0 Å². The molecule has 0 saturated heterocycles. The Bertz CT molecular complexity index is 1140. The summed E-state index contributed by atoms with van der Waals surface area (Å²) in [5.41, 5.74) is 1.46. The van der Waals surface area contributed by atoms with Crippen molar-refractivity contribution in [2.75, 3.05) is 21.3 Å². The van der Waals surface area contributed by atoms with Gasteiger partial charge in [0.1, 0.15) is 6.04 Å². The molecular formula is C23H22N2O7. The van der Waals surface area contributed by atoms with Gasteiger partial charge in [0.05, 0.1) is 50.3 Å². The maximum absolute atomic E-state index is 13.5. The second-order valence-corrected chi connectivity index (χ2v) is 6.91. The number of pyridine rings is 1. The third kappa shape index (κ3) is 4.51. The fraction of sp³-hybridized carbons (Fsp3) is 0.261. The molecular weight excluding hydrogens is 416 g/mol. The van der Waals surface area contributed by atoms with Crippen molar-refractivity contribution >= 4 is 45.6 Å². The standard InChI is InChI=1S/C23H22N2O7/c1-30-18(26)12-15(22(28)31-2)20(23(29)32-3)25-21(27)19-13-8-4-6-10-16(13)24-17-11-7-5-9-14(17)19/h4-11,15,20H,12H2,1-3H3,(H,25,27)/t15-,20+/m1/s1. The zero-order chi connectivity index (χ0) is 23.3. The van der Waals surface area contributed by atoms with E-state index in [1.54, 1.807) is 48.5 Å². The third-order valence-corrected chi connectivity index (χ3v) is 5.08. The molecule has 3 aromatic rings. The van der Waals surface area contributed by atoms with Crippen LogP contribution in [-0.2, 0) is 28.6 Å². The average molecular weight is 438 g/mol. The second-order valence-electron chi connectivity index (χ2n) is 6.91. The summed E-state index contributed by atoms with van der Waals surface area (Å²) in [6.07, 6.45) is -0.485. The Kier molecular flexibility index (Phi) is 6.99. The number of ether oxygens (including phenoxy) is 3. The molecule has 0 bridgehead atoms. The molecule has 2 atom stereocenters. The molecule has 3 rings (SSSR count). The maximum atomic E-state index is 13.5. The number of fused-ring (bicyclic) bond motifs is 2. The van der Waals surface area contributed by atoms with Gasteiger partial charge >= 0.3 is 17.9 Å². The van der Waals surface area contributed by atoms with E-state index in [1.165, 1.54) is 0 Å². The molecule has 0 radical (unpaired) electrons. The highest BCUT2D eigenvalue weighted by molar-refractivity contribution is 6.16. The number of carbonyl (C=O) groups excluding carboxylic acids is 4. The van der Waals surface area contributed by atoms with Crippen LogP contribution in [0.2, 0.25) is 0 Å². The Morgan fingerprint density at radius 3 is 1.84 bits per heavy atom. The quantitative estimate of drug-likeness (QED) is 0.338. The van der Waals surface area contributed by atoms with E-state index in [4.69, 9.17) is 9.47 Å². The number of hydrogen-bond acceptors (Lipinski definition) is 8. The number of benzene rings is 2. The van der Waals surface area contributed by atoms with Crippen molar-refractivity contribution in [3.05, 3.63) is 54.1 Å². The van der Waals surface area contributed by atoms with Gasteiger partial charge in [-0.05, 0) is 12.1 Å². The van der Waals surface area contributed by atoms with Crippen LogP contribution in [0.3, 0.4) is 0 Å². The Morgan fingerprint density at radius 2 is 1.34 bits per heavy atom. The molecule has 9 heteroatoms. The minimum Gasteiger partial charge on any atom is -0.469 e. The van der Waals surface area contributed by atoms with Crippen molar-refractivity contribution in [2.45, 2.75) is 12.5 Å². The van der Waals surface area contributed by atoms with Crippen LogP contribution >= 0.6 is 0 Å². The molecule has 2 aromatic carbocycles. The number of para-hydroxylation sites is 2. The number of nitrogens with zero attached hydrogens (tertiary/aromatic N) is 1. The van der Waals surface area contributed by atoms with E-state index >= 15 is 0 Å². The molecule has 0 aliphatic carbocycles. The van der Waals surface area contributed by atoms with Gasteiger partial charge in [0.2, 0.25) is 0 Å². The van der Waals surface area contributed by atoms with Crippen LogP contribution in [0.5, 0.6) is 0 Å². The van der Waals surface area contributed by atoms with Crippen molar-refractivity contribution in [2.24, 2.45) is 5.92 Å². The number of aromatic nitrogens is 1. The molecule has 0 aliphatic heterocycles. The summed E-state index contributed by atoms with van der Waals surface area (Å²) in [7, 11) is 3.38. The molecule has 0 saturated carbocycles. The maximum Gasteiger partial charge on any atom is 0.329 e. The lowest BCUT2D eigenvalue weighted by Gasteiger charge is -2.24. The highest BCUT2D eigenvalue weighted by Gasteiger charge is 2.39. The fourth-order valence-electron chi connectivity index (χ4n) is 3.50. The van der Waals surface area contributed by atoms with Crippen LogP contribution in [0.15, 0.2) is 48.5 Å². The Labute approximate surface area is 183 Å². The first kappa shape index (κ1) is 22.7. The monoisotopic (exact) mass is 438 g/mol. The SMILES string of the molecule is COC(=O)C[C@@H](C(=O)OC)[C@H](NC(=O)c1c2ccccc2nc2ccccc12)C(=O)OC. The van der Waals surface area contributed by atoms with Gasteiger partial charge in [-0.25, -0.2) is 9.78 Å². The second kappa shape index (κ2) is 9.86. The lowest BCUT2D eigenvalue weighted by atomic mass is 9.94. The molecule has 32 heavy (non-hydrogen) atoms. The molecule has 1 aromatic heterocycles. The zero-order valence-electron chi connectivity index (χ0n) is 17.8. The van der Waals surface area contributed by atoms with Crippen molar-refractivity contribution < 1.29 is 33.4 Å². The van der Waals surface area contributed by atoms with Gasteiger partial charge in [-0.1, -0.05) is 36.4 Å². The first-order valence-corrected chi connectivity index (χ1v) is 9.72. The lowest BCUT2D eigenvalue weighted by Crippen LogP contribution is -2.50. The summed E-state index contributed by atoms with van der Waals surface area (Å²) in [4.78, 5) is 54.8. The predicted molar refractivity (Wildman–Crippen MR) is 115 cm³/mol. The zero-order valence-corrected chi connectivity index (χ0v) is 17.8. The Morgan fingerprint density at radius 1 is 0.812 bits per heavy atom. The molecule has 0 unspecified atom stereocenters. The molecule has 0 aliphatic rings. The third-order valence-electron chi connectivity index (χ3n) is 5.08. The first-order valence-electron chi connectivity index (χ1n) is 9.72. The highest BCUT2D eigenvalue weighted by atomic mass is 16.5. The van der Waals surface area contributed by atoms with Crippen LogP contribution in [0.4, 0.5) is 0 Å². The summed E-state index contributed by atoms with van der Waals surface area (Å²) in [6.45, 7) is 0. The van der Waals surface area contributed by atoms with Gasteiger partial charge in [0.25, 0.3) is 5.91 Å². The largest absolute Gasteiger partial charge is 0.469 e.